The van der Waals surface area contributed by atoms with Crippen molar-refractivity contribution in [1.29, 1.82) is 0 Å². The van der Waals surface area contributed by atoms with E-state index in [1.807, 2.05) is 30.3 Å². The van der Waals surface area contributed by atoms with Gasteiger partial charge in [0.1, 0.15) is 11.9 Å². The van der Waals surface area contributed by atoms with Crippen molar-refractivity contribution in [3.63, 3.8) is 0 Å². The molecular weight excluding hydrogens is 176 g/mol. The van der Waals surface area contributed by atoms with E-state index in [2.05, 4.69) is 6.08 Å². The van der Waals surface area contributed by atoms with Crippen molar-refractivity contribution in [3.8, 4) is 5.75 Å². The molecule has 0 aromatic heterocycles. The molecule has 0 saturated carbocycles. The van der Waals surface area contributed by atoms with E-state index < -0.39 is 0 Å². The van der Waals surface area contributed by atoms with Crippen LogP contribution in [-0.2, 0) is 4.74 Å². The molecule has 2 nitrogen and oxygen atoms in total. The summed E-state index contributed by atoms with van der Waals surface area (Å²) >= 11 is 0. The Labute approximate surface area is 82.5 Å². The maximum atomic E-state index is 5.67. The molecule has 0 spiro atoms. The zero-order chi connectivity index (χ0) is 9.38. The van der Waals surface area contributed by atoms with Crippen LogP contribution in [-0.4, -0.2) is 6.61 Å². The fraction of sp³-hybridized carbons (Fsp3) is 0.167. The standard InChI is InChI=1S/C12H10O2/c1-2-6-11-10(5-1)12-9(8-14-11)4-3-7-13-12/h1-6,8,12H,7H2. The molecule has 3 rings (SSSR count). The van der Waals surface area contributed by atoms with Crippen LogP contribution in [0.4, 0.5) is 0 Å². The van der Waals surface area contributed by atoms with Crippen molar-refractivity contribution in [3.05, 3.63) is 53.8 Å². The lowest BCUT2D eigenvalue weighted by Crippen LogP contribution is -2.15. The summed E-state index contributed by atoms with van der Waals surface area (Å²) in [6, 6.07) is 7.99. The lowest BCUT2D eigenvalue weighted by atomic mass is 9.98. The second-order valence-electron chi connectivity index (χ2n) is 3.39. The van der Waals surface area contributed by atoms with Crippen molar-refractivity contribution in [2.75, 3.05) is 6.61 Å². The molecule has 14 heavy (non-hydrogen) atoms. The average molecular weight is 186 g/mol. The van der Waals surface area contributed by atoms with Gasteiger partial charge in [-0.1, -0.05) is 30.4 Å². The monoisotopic (exact) mass is 186 g/mol. The van der Waals surface area contributed by atoms with Gasteiger partial charge in [-0.05, 0) is 6.07 Å². The summed E-state index contributed by atoms with van der Waals surface area (Å²) in [6.07, 6.45) is 5.89. The van der Waals surface area contributed by atoms with Gasteiger partial charge in [-0.25, -0.2) is 0 Å². The van der Waals surface area contributed by atoms with Crippen LogP contribution in [0.25, 0.3) is 0 Å². The zero-order valence-corrected chi connectivity index (χ0v) is 7.64. The van der Waals surface area contributed by atoms with E-state index in [1.54, 1.807) is 6.26 Å². The number of ether oxygens (including phenoxy) is 2. The van der Waals surface area contributed by atoms with Gasteiger partial charge in [0.25, 0.3) is 0 Å². The van der Waals surface area contributed by atoms with E-state index in [4.69, 9.17) is 9.47 Å². The first kappa shape index (κ1) is 7.83. The molecule has 0 aliphatic carbocycles. The second-order valence-corrected chi connectivity index (χ2v) is 3.39. The van der Waals surface area contributed by atoms with Crippen molar-refractivity contribution in [2.24, 2.45) is 0 Å². The molecule has 0 bridgehead atoms. The smallest absolute Gasteiger partial charge is 0.132 e. The van der Waals surface area contributed by atoms with Crippen molar-refractivity contribution < 1.29 is 9.47 Å². The van der Waals surface area contributed by atoms with Gasteiger partial charge in [0.05, 0.1) is 12.9 Å². The number of rotatable bonds is 0. The Hall–Kier alpha value is -1.54. The Morgan fingerprint density at radius 3 is 3.14 bits per heavy atom. The van der Waals surface area contributed by atoms with Crippen LogP contribution in [0.2, 0.25) is 0 Å². The largest absolute Gasteiger partial charge is 0.464 e. The molecule has 0 amide bonds. The van der Waals surface area contributed by atoms with E-state index in [9.17, 15) is 0 Å². The van der Waals surface area contributed by atoms with Crippen LogP contribution >= 0.6 is 0 Å². The van der Waals surface area contributed by atoms with E-state index in [0.29, 0.717) is 6.61 Å². The van der Waals surface area contributed by atoms with Crippen LogP contribution in [0.15, 0.2) is 48.3 Å². The zero-order valence-electron chi connectivity index (χ0n) is 7.64. The highest BCUT2D eigenvalue weighted by molar-refractivity contribution is 5.45. The highest BCUT2D eigenvalue weighted by atomic mass is 16.5. The summed E-state index contributed by atoms with van der Waals surface area (Å²) in [5, 5.41) is 0. The number of hydrogen-bond donors (Lipinski definition) is 0. The maximum absolute atomic E-state index is 5.67. The quantitative estimate of drug-likeness (QED) is 0.620. The molecule has 1 unspecified atom stereocenters. The highest BCUT2D eigenvalue weighted by Crippen LogP contribution is 2.38. The van der Waals surface area contributed by atoms with Crippen LogP contribution in [0.1, 0.15) is 11.7 Å². The molecule has 0 N–H and O–H groups in total. The molecule has 1 atom stereocenters. The third kappa shape index (κ3) is 1.08. The average Bonchev–Trinajstić information content (AvgIpc) is 2.29. The van der Waals surface area contributed by atoms with E-state index in [-0.39, 0.29) is 6.10 Å². The Morgan fingerprint density at radius 1 is 1.21 bits per heavy atom. The summed E-state index contributed by atoms with van der Waals surface area (Å²) in [7, 11) is 0. The fourth-order valence-corrected chi connectivity index (χ4v) is 1.83. The molecule has 2 aliphatic rings. The summed E-state index contributed by atoms with van der Waals surface area (Å²) in [5.74, 6) is 0.900. The normalized spacial score (nSPS) is 23.1. The first-order valence-corrected chi connectivity index (χ1v) is 4.69. The molecule has 2 aliphatic heterocycles. The Kier molecular flexibility index (Phi) is 1.67. The Balaban J connectivity index is 2.11. The van der Waals surface area contributed by atoms with Gasteiger partial charge in [-0.15, -0.1) is 0 Å². The molecule has 0 radical (unpaired) electrons. The first-order chi connectivity index (χ1) is 6.95. The minimum Gasteiger partial charge on any atom is -0.464 e. The van der Waals surface area contributed by atoms with Crippen molar-refractivity contribution in [1.82, 2.24) is 0 Å². The summed E-state index contributed by atoms with van der Waals surface area (Å²) < 4.78 is 11.2. The second kappa shape index (κ2) is 3.00. The minimum absolute atomic E-state index is 0.0601. The molecule has 2 heteroatoms. The van der Waals surface area contributed by atoms with E-state index in [0.717, 1.165) is 16.9 Å². The molecule has 1 aromatic carbocycles. The number of benzene rings is 1. The topological polar surface area (TPSA) is 18.5 Å². The number of para-hydroxylation sites is 1. The van der Waals surface area contributed by atoms with Crippen molar-refractivity contribution >= 4 is 0 Å². The van der Waals surface area contributed by atoms with Gasteiger partial charge in [0.15, 0.2) is 0 Å². The molecule has 2 heterocycles. The maximum Gasteiger partial charge on any atom is 0.132 e. The number of fused-ring (bicyclic) bond motifs is 3. The van der Waals surface area contributed by atoms with Gasteiger partial charge in [0.2, 0.25) is 0 Å². The minimum atomic E-state index is 0.0601. The van der Waals surface area contributed by atoms with Crippen molar-refractivity contribution in [2.45, 2.75) is 6.10 Å². The van der Waals surface area contributed by atoms with Crippen LogP contribution < -0.4 is 4.74 Å². The third-order valence-corrected chi connectivity index (χ3v) is 2.50. The van der Waals surface area contributed by atoms with Gasteiger partial charge in [0, 0.05) is 11.1 Å². The van der Waals surface area contributed by atoms with Crippen LogP contribution in [0.3, 0.4) is 0 Å². The van der Waals surface area contributed by atoms with E-state index >= 15 is 0 Å². The molecule has 0 fully saturated rings. The predicted molar refractivity (Wildman–Crippen MR) is 53.0 cm³/mol. The summed E-state index contributed by atoms with van der Waals surface area (Å²) in [4.78, 5) is 0. The Morgan fingerprint density at radius 2 is 2.14 bits per heavy atom. The summed E-state index contributed by atoms with van der Waals surface area (Å²) in [5.41, 5.74) is 2.21. The highest BCUT2D eigenvalue weighted by Gasteiger charge is 2.25. The summed E-state index contributed by atoms with van der Waals surface area (Å²) in [6.45, 7) is 0.677. The lowest BCUT2D eigenvalue weighted by Gasteiger charge is -2.27. The van der Waals surface area contributed by atoms with Gasteiger partial charge < -0.3 is 9.47 Å². The molecular formula is C12H10O2. The Bertz CT molecular complexity index is 418. The SMILES string of the molecule is C1=CC2=COc3ccccc3C2OC1. The lowest BCUT2D eigenvalue weighted by molar-refractivity contribution is 0.0894. The van der Waals surface area contributed by atoms with Crippen LogP contribution in [0.5, 0.6) is 5.75 Å². The molecule has 70 valence electrons. The van der Waals surface area contributed by atoms with Gasteiger partial charge in [-0.3, -0.25) is 0 Å². The first-order valence-electron chi connectivity index (χ1n) is 4.69. The third-order valence-electron chi connectivity index (χ3n) is 2.50. The molecule has 0 saturated heterocycles. The predicted octanol–water partition coefficient (Wildman–Crippen LogP) is 2.59. The van der Waals surface area contributed by atoms with Gasteiger partial charge >= 0.3 is 0 Å². The number of hydrogen-bond acceptors (Lipinski definition) is 2. The van der Waals surface area contributed by atoms with E-state index in [1.165, 1.54) is 0 Å². The van der Waals surface area contributed by atoms with Crippen LogP contribution in [0, 0.1) is 0 Å². The molecule has 1 aromatic rings. The fourth-order valence-electron chi connectivity index (χ4n) is 1.83. The van der Waals surface area contributed by atoms with Gasteiger partial charge in [-0.2, -0.15) is 0 Å².